The van der Waals surface area contributed by atoms with E-state index in [9.17, 15) is 14.4 Å². The van der Waals surface area contributed by atoms with Crippen molar-refractivity contribution in [3.63, 3.8) is 0 Å². The molecule has 0 spiro atoms. The van der Waals surface area contributed by atoms with Gasteiger partial charge in [-0.1, -0.05) is 23.8 Å². The molecular weight excluding hydrogens is 504 g/mol. The van der Waals surface area contributed by atoms with Crippen molar-refractivity contribution in [3.8, 4) is 23.0 Å². The molecule has 0 unspecified atom stereocenters. The van der Waals surface area contributed by atoms with Gasteiger partial charge in [0.15, 0.2) is 29.6 Å². The first-order chi connectivity index (χ1) is 18.9. The lowest BCUT2D eigenvalue weighted by molar-refractivity contribution is -0.139. The van der Waals surface area contributed by atoms with Crippen molar-refractivity contribution in [3.05, 3.63) is 77.4 Å². The van der Waals surface area contributed by atoms with Crippen LogP contribution in [0.15, 0.2) is 65.8 Å². The van der Waals surface area contributed by atoms with Gasteiger partial charge in [0.2, 0.25) is 6.79 Å². The SMILES string of the molecule is CCOc1cc(/C=N\NC(=O)C(=O)NCc2ccc3c(c2)OCO3)ccc1OCC(=O)Nc1ccc(C)cc1. The normalized spacial score (nSPS) is 11.6. The van der Waals surface area contributed by atoms with Crippen LogP contribution < -0.4 is 35.0 Å². The number of nitrogens with one attached hydrogen (secondary N) is 3. The lowest BCUT2D eigenvalue weighted by Gasteiger charge is -2.12. The third kappa shape index (κ3) is 7.71. The minimum atomic E-state index is -0.920. The highest BCUT2D eigenvalue weighted by Crippen LogP contribution is 2.32. The minimum absolute atomic E-state index is 0.134. The largest absolute Gasteiger partial charge is 0.490 e. The highest BCUT2D eigenvalue weighted by atomic mass is 16.7. The van der Waals surface area contributed by atoms with Crippen molar-refractivity contribution in [1.82, 2.24) is 10.7 Å². The maximum atomic E-state index is 12.3. The molecule has 3 N–H and O–H groups in total. The molecule has 3 aromatic rings. The van der Waals surface area contributed by atoms with Crippen molar-refractivity contribution in [2.75, 3.05) is 25.3 Å². The van der Waals surface area contributed by atoms with Crippen molar-refractivity contribution >= 4 is 29.6 Å². The molecule has 0 aliphatic carbocycles. The van der Waals surface area contributed by atoms with Gasteiger partial charge in [-0.05, 0) is 67.4 Å². The van der Waals surface area contributed by atoms with Gasteiger partial charge in [0.25, 0.3) is 5.91 Å². The van der Waals surface area contributed by atoms with Gasteiger partial charge in [-0.3, -0.25) is 14.4 Å². The molecule has 3 amide bonds. The van der Waals surface area contributed by atoms with Crippen LogP contribution in [0.25, 0.3) is 0 Å². The number of ether oxygens (including phenoxy) is 4. The van der Waals surface area contributed by atoms with Crippen LogP contribution >= 0.6 is 0 Å². The summed E-state index contributed by atoms with van der Waals surface area (Å²) in [6, 6.07) is 17.6. The van der Waals surface area contributed by atoms with Crippen LogP contribution in [0.5, 0.6) is 23.0 Å². The molecule has 0 radical (unpaired) electrons. The molecule has 4 rings (SSSR count). The molecule has 1 heterocycles. The molecule has 0 saturated heterocycles. The third-order valence-electron chi connectivity index (χ3n) is 5.44. The monoisotopic (exact) mass is 532 g/mol. The van der Waals surface area contributed by atoms with E-state index in [0.29, 0.717) is 40.9 Å². The van der Waals surface area contributed by atoms with Crippen molar-refractivity contribution in [1.29, 1.82) is 0 Å². The molecule has 0 saturated carbocycles. The Hall–Kier alpha value is -5.06. The van der Waals surface area contributed by atoms with Gasteiger partial charge in [0.05, 0.1) is 12.8 Å². The van der Waals surface area contributed by atoms with Crippen molar-refractivity contribution in [2.45, 2.75) is 20.4 Å². The zero-order chi connectivity index (χ0) is 27.6. The van der Waals surface area contributed by atoms with Crippen LogP contribution in [0.3, 0.4) is 0 Å². The predicted octanol–water partition coefficient (Wildman–Crippen LogP) is 2.91. The molecular formula is C28H28N4O7. The van der Waals surface area contributed by atoms with Crippen LogP contribution in [0.2, 0.25) is 0 Å². The number of nitrogens with zero attached hydrogens (tertiary/aromatic N) is 1. The third-order valence-corrected chi connectivity index (χ3v) is 5.44. The number of anilines is 1. The molecule has 202 valence electrons. The zero-order valence-electron chi connectivity index (χ0n) is 21.5. The van der Waals surface area contributed by atoms with E-state index < -0.39 is 11.8 Å². The van der Waals surface area contributed by atoms with E-state index in [0.717, 1.165) is 11.1 Å². The fourth-order valence-electron chi connectivity index (χ4n) is 3.50. The van der Waals surface area contributed by atoms with E-state index in [1.165, 1.54) is 6.21 Å². The maximum Gasteiger partial charge on any atom is 0.329 e. The molecule has 11 nitrogen and oxygen atoms in total. The van der Waals surface area contributed by atoms with E-state index in [-0.39, 0.29) is 25.9 Å². The fraction of sp³-hybridized carbons (Fsp3) is 0.214. The first-order valence-corrected chi connectivity index (χ1v) is 12.2. The second-order valence-electron chi connectivity index (χ2n) is 8.41. The highest BCUT2D eigenvalue weighted by molar-refractivity contribution is 6.35. The average molecular weight is 533 g/mol. The summed E-state index contributed by atoms with van der Waals surface area (Å²) in [5, 5.41) is 9.13. The number of hydrazone groups is 1. The summed E-state index contributed by atoms with van der Waals surface area (Å²) in [4.78, 5) is 36.5. The molecule has 0 bridgehead atoms. The Morgan fingerprint density at radius 2 is 1.72 bits per heavy atom. The summed E-state index contributed by atoms with van der Waals surface area (Å²) in [5.41, 5.74) is 5.29. The van der Waals surface area contributed by atoms with Gasteiger partial charge in [0, 0.05) is 12.2 Å². The van der Waals surface area contributed by atoms with Crippen LogP contribution in [-0.2, 0) is 20.9 Å². The summed E-state index contributed by atoms with van der Waals surface area (Å²) in [7, 11) is 0. The topological polar surface area (TPSA) is 137 Å². The summed E-state index contributed by atoms with van der Waals surface area (Å²) in [6.45, 7) is 4.23. The molecule has 0 atom stereocenters. The number of rotatable bonds is 10. The Morgan fingerprint density at radius 3 is 2.51 bits per heavy atom. The second-order valence-corrected chi connectivity index (χ2v) is 8.41. The Labute approximate surface area is 225 Å². The smallest absolute Gasteiger partial charge is 0.329 e. The minimum Gasteiger partial charge on any atom is -0.490 e. The van der Waals surface area contributed by atoms with Crippen LogP contribution in [0.4, 0.5) is 5.69 Å². The van der Waals surface area contributed by atoms with E-state index >= 15 is 0 Å². The zero-order valence-corrected chi connectivity index (χ0v) is 21.5. The average Bonchev–Trinajstić information content (AvgIpc) is 3.41. The van der Waals surface area contributed by atoms with Gasteiger partial charge in [-0.15, -0.1) is 0 Å². The number of amides is 3. The number of carbonyl (C=O) groups excluding carboxylic acids is 3. The van der Waals surface area contributed by atoms with Gasteiger partial charge in [-0.25, -0.2) is 5.43 Å². The van der Waals surface area contributed by atoms with E-state index in [2.05, 4.69) is 21.2 Å². The molecule has 39 heavy (non-hydrogen) atoms. The van der Waals surface area contributed by atoms with Crippen molar-refractivity contribution in [2.24, 2.45) is 5.10 Å². The van der Waals surface area contributed by atoms with Gasteiger partial charge >= 0.3 is 11.8 Å². The quantitative estimate of drug-likeness (QED) is 0.207. The Kier molecular flexibility index (Phi) is 8.96. The molecule has 11 heteroatoms. The van der Waals surface area contributed by atoms with Crippen LogP contribution in [0, 0.1) is 6.92 Å². The number of carbonyl (C=O) groups is 3. The first-order valence-electron chi connectivity index (χ1n) is 12.2. The molecule has 0 fully saturated rings. The summed E-state index contributed by atoms with van der Waals surface area (Å²) < 4.78 is 21.8. The molecule has 1 aliphatic rings. The molecule has 0 aromatic heterocycles. The Morgan fingerprint density at radius 1 is 0.923 bits per heavy atom. The first kappa shape index (κ1) is 27.0. The van der Waals surface area contributed by atoms with Gasteiger partial charge in [-0.2, -0.15) is 5.10 Å². The van der Waals surface area contributed by atoms with Gasteiger partial charge in [0.1, 0.15) is 0 Å². The highest BCUT2D eigenvalue weighted by Gasteiger charge is 2.16. The van der Waals surface area contributed by atoms with Gasteiger partial charge < -0.3 is 29.6 Å². The number of benzene rings is 3. The van der Waals surface area contributed by atoms with E-state index in [4.69, 9.17) is 18.9 Å². The number of fused-ring (bicyclic) bond motifs is 1. The Balaban J connectivity index is 1.26. The standard InChI is InChI=1S/C28H28N4O7/c1-3-36-24-13-20(7-10-22(24)37-16-26(33)31-21-8-4-18(2)5-9-21)15-30-32-28(35)27(34)29-14-19-6-11-23-25(12-19)39-17-38-23/h4-13,15H,3,14,16-17H2,1-2H3,(H,29,34)(H,31,33)(H,32,35)/b30-15-. The number of hydrogen-bond donors (Lipinski definition) is 3. The van der Waals surface area contributed by atoms with Crippen LogP contribution in [-0.4, -0.2) is 43.9 Å². The van der Waals surface area contributed by atoms with Crippen LogP contribution in [0.1, 0.15) is 23.6 Å². The lowest BCUT2D eigenvalue weighted by Crippen LogP contribution is -2.37. The predicted molar refractivity (Wildman–Crippen MR) is 143 cm³/mol. The molecule has 1 aliphatic heterocycles. The Bertz CT molecular complexity index is 1370. The fourth-order valence-corrected chi connectivity index (χ4v) is 3.50. The lowest BCUT2D eigenvalue weighted by atomic mass is 10.2. The van der Waals surface area contributed by atoms with E-state index in [1.807, 2.05) is 38.1 Å². The number of hydrogen-bond acceptors (Lipinski definition) is 8. The summed E-state index contributed by atoms with van der Waals surface area (Å²) in [5.74, 6) is -0.0788. The second kappa shape index (κ2) is 13.0. The molecule has 3 aromatic carbocycles. The summed E-state index contributed by atoms with van der Waals surface area (Å²) in [6.07, 6.45) is 1.36. The van der Waals surface area contributed by atoms with E-state index in [1.54, 1.807) is 36.4 Å². The van der Waals surface area contributed by atoms with Crippen molar-refractivity contribution < 1.29 is 33.3 Å². The summed E-state index contributed by atoms with van der Waals surface area (Å²) >= 11 is 0. The number of aryl methyl sites for hydroxylation is 1. The maximum absolute atomic E-state index is 12.3.